The van der Waals surface area contributed by atoms with Crippen molar-refractivity contribution in [3.63, 3.8) is 0 Å². The molecule has 0 unspecified atom stereocenters. The predicted octanol–water partition coefficient (Wildman–Crippen LogP) is 0.0998. The Bertz CT molecular complexity index is 553. The fraction of sp³-hybridized carbons (Fsp3) is 0.286. The number of alkyl halides is 3. The Morgan fingerprint density at radius 1 is 1.39 bits per heavy atom. The summed E-state index contributed by atoms with van der Waals surface area (Å²) in [6, 6.07) is 1.87. The van der Waals surface area contributed by atoms with Crippen LogP contribution in [-0.2, 0) is 9.84 Å². The van der Waals surface area contributed by atoms with E-state index in [2.05, 4.69) is 10.2 Å². The van der Waals surface area contributed by atoms with Gasteiger partial charge in [0.1, 0.15) is 0 Å². The fourth-order valence-corrected chi connectivity index (χ4v) is 1.39. The van der Waals surface area contributed by atoms with Gasteiger partial charge in [-0.3, -0.25) is 5.41 Å². The number of hydrogen-bond donors (Lipinski definition) is 2. The number of nitrogens with zero attached hydrogens (tertiary/aromatic N) is 3. The molecule has 0 aliphatic heterocycles. The Kier molecular flexibility index (Phi) is 3.57. The summed E-state index contributed by atoms with van der Waals surface area (Å²) in [6.45, 7) is 0. The van der Waals surface area contributed by atoms with Gasteiger partial charge in [-0.15, -0.1) is 10.2 Å². The Balaban J connectivity index is 3.03. The molecule has 0 radical (unpaired) electrons. The monoisotopic (exact) mass is 283 g/mol. The third kappa shape index (κ3) is 3.13. The average molecular weight is 283 g/mol. The lowest BCUT2D eigenvalue weighted by atomic mass is 10.4. The van der Waals surface area contributed by atoms with Crippen LogP contribution in [0.3, 0.4) is 0 Å². The molecular formula is C7H8F3N5O2S. The third-order valence-electron chi connectivity index (χ3n) is 1.76. The number of rotatable bonds is 2. The van der Waals surface area contributed by atoms with E-state index >= 15 is 0 Å². The van der Waals surface area contributed by atoms with Gasteiger partial charge in [0.25, 0.3) is 0 Å². The zero-order valence-electron chi connectivity index (χ0n) is 8.93. The van der Waals surface area contributed by atoms with Crippen molar-refractivity contribution in [1.29, 1.82) is 5.41 Å². The lowest BCUT2D eigenvalue weighted by Crippen LogP contribution is -2.46. The zero-order chi connectivity index (χ0) is 14.1. The van der Waals surface area contributed by atoms with Crippen molar-refractivity contribution < 1.29 is 21.6 Å². The Morgan fingerprint density at radius 2 is 1.94 bits per heavy atom. The molecule has 0 spiro atoms. The number of sulfone groups is 1. The number of nitrogens with one attached hydrogen (secondary N) is 1. The van der Waals surface area contributed by atoms with Crippen molar-refractivity contribution in [2.24, 2.45) is 5.84 Å². The van der Waals surface area contributed by atoms with Gasteiger partial charge in [-0.05, 0) is 12.1 Å². The molecule has 0 bridgehead atoms. The molecule has 11 heteroatoms. The number of nitrogens with two attached hydrogens (primary N) is 1. The summed E-state index contributed by atoms with van der Waals surface area (Å²) in [4.78, 5) is 0. The van der Waals surface area contributed by atoms with E-state index in [1.807, 2.05) is 0 Å². The Hall–Kier alpha value is -1.75. The maximum Gasteiger partial charge on any atom is 0.450 e. The second-order valence-electron chi connectivity index (χ2n) is 3.22. The molecule has 0 aliphatic carbocycles. The molecule has 0 amide bonds. The van der Waals surface area contributed by atoms with Crippen LogP contribution in [0.15, 0.2) is 17.2 Å². The van der Waals surface area contributed by atoms with Gasteiger partial charge in [0.05, 0.1) is 0 Å². The van der Waals surface area contributed by atoms with Crippen LogP contribution in [0.25, 0.3) is 0 Å². The van der Waals surface area contributed by atoms with E-state index in [1.54, 1.807) is 0 Å². The maximum absolute atomic E-state index is 12.2. The first kappa shape index (κ1) is 14.3. The van der Waals surface area contributed by atoms with Crippen LogP contribution in [-0.4, -0.2) is 36.9 Å². The summed E-state index contributed by atoms with van der Waals surface area (Å²) in [5.41, 5.74) is 0. The van der Waals surface area contributed by atoms with E-state index in [0.717, 1.165) is 18.4 Å². The van der Waals surface area contributed by atoms with Crippen LogP contribution in [0.1, 0.15) is 0 Å². The number of amidine groups is 1. The van der Waals surface area contributed by atoms with E-state index in [-0.39, 0.29) is 5.01 Å². The van der Waals surface area contributed by atoms with Crippen LogP contribution in [0.4, 0.5) is 19.0 Å². The van der Waals surface area contributed by atoms with Gasteiger partial charge in [-0.25, -0.2) is 19.3 Å². The molecule has 7 nitrogen and oxygen atoms in total. The minimum Gasteiger partial charge on any atom is -0.279 e. The summed E-state index contributed by atoms with van der Waals surface area (Å²) >= 11 is 0. The van der Waals surface area contributed by atoms with Gasteiger partial charge < -0.3 is 0 Å². The van der Waals surface area contributed by atoms with Crippen molar-refractivity contribution in [2.45, 2.75) is 11.2 Å². The molecular weight excluding hydrogens is 275 g/mol. The molecule has 0 aromatic carbocycles. The molecule has 0 saturated carbocycles. The summed E-state index contributed by atoms with van der Waals surface area (Å²) in [7, 11) is -3.60. The normalized spacial score (nSPS) is 12.3. The van der Waals surface area contributed by atoms with Crippen molar-refractivity contribution in [2.75, 3.05) is 11.3 Å². The van der Waals surface area contributed by atoms with Gasteiger partial charge in [-0.2, -0.15) is 13.2 Å². The fourth-order valence-electron chi connectivity index (χ4n) is 0.890. The summed E-state index contributed by atoms with van der Waals surface area (Å²) in [6.07, 6.45) is -4.07. The van der Waals surface area contributed by atoms with Gasteiger partial charge in [0.2, 0.25) is 5.84 Å². The highest BCUT2D eigenvalue weighted by Crippen LogP contribution is 2.20. The second-order valence-corrected chi connectivity index (χ2v) is 5.18. The first-order chi connectivity index (χ1) is 8.03. The van der Waals surface area contributed by atoms with Crippen molar-refractivity contribution >= 4 is 21.5 Å². The predicted molar refractivity (Wildman–Crippen MR) is 55.6 cm³/mol. The average Bonchev–Trinajstić information content (AvgIpc) is 2.25. The molecule has 0 fully saturated rings. The van der Waals surface area contributed by atoms with Crippen LogP contribution in [0, 0.1) is 5.41 Å². The molecule has 18 heavy (non-hydrogen) atoms. The lowest BCUT2D eigenvalue weighted by molar-refractivity contribution is -0.0610. The van der Waals surface area contributed by atoms with Gasteiger partial charge >= 0.3 is 6.18 Å². The number of hydrazine groups is 1. The van der Waals surface area contributed by atoms with E-state index in [0.29, 0.717) is 0 Å². The molecule has 100 valence electrons. The van der Waals surface area contributed by atoms with Crippen LogP contribution in [0.2, 0.25) is 0 Å². The zero-order valence-corrected chi connectivity index (χ0v) is 9.75. The van der Waals surface area contributed by atoms with E-state index in [4.69, 9.17) is 11.3 Å². The minimum absolute atomic E-state index is 0.0426. The Morgan fingerprint density at radius 3 is 2.28 bits per heavy atom. The smallest absolute Gasteiger partial charge is 0.279 e. The van der Waals surface area contributed by atoms with Crippen molar-refractivity contribution in [1.82, 2.24) is 10.2 Å². The van der Waals surface area contributed by atoms with E-state index in [9.17, 15) is 21.6 Å². The van der Waals surface area contributed by atoms with Crippen LogP contribution in [0.5, 0.6) is 0 Å². The van der Waals surface area contributed by atoms with Gasteiger partial charge in [-0.1, -0.05) is 0 Å². The summed E-state index contributed by atoms with van der Waals surface area (Å²) in [5, 5.41) is 12.7. The Labute approximate surface area is 99.8 Å². The molecule has 0 aliphatic rings. The number of anilines is 1. The highest BCUT2D eigenvalue weighted by molar-refractivity contribution is 7.90. The first-order valence-electron chi connectivity index (χ1n) is 4.28. The first-order valence-corrected chi connectivity index (χ1v) is 6.17. The third-order valence-corrected chi connectivity index (χ3v) is 2.74. The van der Waals surface area contributed by atoms with Crippen molar-refractivity contribution in [3.8, 4) is 0 Å². The maximum atomic E-state index is 12.2. The SMILES string of the molecule is CS(=O)(=O)c1ccc(N(N)C(=N)C(F)(F)F)nn1. The highest BCUT2D eigenvalue weighted by atomic mass is 32.2. The highest BCUT2D eigenvalue weighted by Gasteiger charge is 2.38. The number of hydrogen-bond acceptors (Lipinski definition) is 6. The number of aromatic nitrogens is 2. The quantitative estimate of drug-likeness (QED) is 0.344. The molecule has 1 aromatic heterocycles. The molecule has 1 heterocycles. The summed E-state index contributed by atoms with van der Waals surface area (Å²) < 4.78 is 58.6. The lowest BCUT2D eigenvalue weighted by Gasteiger charge is -2.19. The summed E-state index contributed by atoms with van der Waals surface area (Å²) in [5.74, 6) is 2.68. The van der Waals surface area contributed by atoms with E-state index in [1.165, 1.54) is 0 Å². The standard InChI is InChI=1S/C7H8F3N5O2S/c1-18(16,17)5-3-2-4(13-14-5)15(12)6(11)7(8,9)10/h2-3,11H,12H2,1H3. The van der Waals surface area contributed by atoms with E-state index < -0.39 is 32.7 Å². The molecule has 3 N–H and O–H groups in total. The topological polar surface area (TPSA) is 113 Å². The van der Waals surface area contributed by atoms with Gasteiger partial charge in [0.15, 0.2) is 20.7 Å². The second kappa shape index (κ2) is 4.49. The van der Waals surface area contributed by atoms with Crippen molar-refractivity contribution in [3.05, 3.63) is 12.1 Å². The van der Waals surface area contributed by atoms with Crippen LogP contribution < -0.4 is 10.9 Å². The largest absolute Gasteiger partial charge is 0.450 e. The van der Waals surface area contributed by atoms with Crippen LogP contribution >= 0.6 is 0 Å². The molecule has 1 aromatic rings. The van der Waals surface area contributed by atoms with Gasteiger partial charge in [0, 0.05) is 6.26 Å². The number of halogens is 3. The molecule has 0 atom stereocenters. The minimum atomic E-state index is -4.94. The molecule has 0 saturated heterocycles. The molecule has 1 rings (SSSR count).